The lowest BCUT2D eigenvalue weighted by Crippen LogP contribution is -2.58. The summed E-state index contributed by atoms with van der Waals surface area (Å²) in [5.41, 5.74) is 6.07. The summed E-state index contributed by atoms with van der Waals surface area (Å²) in [7, 11) is 0. The van der Waals surface area contributed by atoms with Gasteiger partial charge in [0.05, 0.1) is 6.54 Å². The van der Waals surface area contributed by atoms with Crippen LogP contribution in [0.3, 0.4) is 0 Å². The van der Waals surface area contributed by atoms with Gasteiger partial charge >= 0.3 is 0 Å². The van der Waals surface area contributed by atoms with E-state index in [2.05, 4.69) is 21.3 Å². The molecule has 9 nitrogen and oxygen atoms in total. The number of nitrogens with one attached hydrogen (secondary N) is 4. The third-order valence-electron chi connectivity index (χ3n) is 4.68. The minimum Gasteiger partial charge on any atom is -0.368 e. The quantitative estimate of drug-likeness (QED) is 0.275. The van der Waals surface area contributed by atoms with Crippen molar-refractivity contribution in [2.75, 3.05) is 13.1 Å². The van der Waals surface area contributed by atoms with Gasteiger partial charge < -0.3 is 27.0 Å². The van der Waals surface area contributed by atoms with Crippen molar-refractivity contribution < 1.29 is 19.2 Å². The van der Waals surface area contributed by atoms with Gasteiger partial charge in [-0.2, -0.15) is 0 Å². The summed E-state index contributed by atoms with van der Waals surface area (Å²) in [4.78, 5) is 49.2. The third-order valence-corrected chi connectivity index (χ3v) is 4.68. The van der Waals surface area contributed by atoms with Crippen molar-refractivity contribution in [2.24, 2.45) is 11.7 Å². The summed E-state index contributed by atoms with van der Waals surface area (Å²) in [5.74, 6) is -2.16. The molecule has 3 atom stereocenters. The molecular weight excluding hydrogens is 398 g/mol. The van der Waals surface area contributed by atoms with Crippen LogP contribution in [0.15, 0.2) is 30.3 Å². The molecule has 172 valence electrons. The molecule has 0 fully saturated rings. The number of primary amides is 1. The molecule has 4 amide bonds. The maximum atomic E-state index is 13.0. The first kappa shape index (κ1) is 26.1. The molecule has 1 aromatic rings. The van der Waals surface area contributed by atoms with Crippen LogP contribution < -0.4 is 27.0 Å². The predicted molar refractivity (Wildman–Crippen MR) is 119 cm³/mol. The van der Waals surface area contributed by atoms with E-state index in [-0.39, 0.29) is 24.8 Å². The lowest BCUT2D eigenvalue weighted by atomic mass is 10.0. The van der Waals surface area contributed by atoms with Crippen molar-refractivity contribution in [3.8, 4) is 0 Å². The Bertz CT molecular complexity index is 739. The highest BCUT2D eigenvalue weighted by Gasteiger charge is 2.29. The lowest BCUT2D eigenvalue weighted by Gasteiger charge is -2.26. The number of carbonyl (C=O) groups is 4. The van der Waals surface area contributed by atoms with Crippen LogP contribution in [0, 0.1) is 5.92 Å². The van der Waals surface area contributed by atoms with Gasteiger partial charge in [-0.05, 0) is 31.4 Å². The van der Waals surface area contributed by atoms with E-state index in [1.807, 2.05) is 51.1 Å². The topological polar surface area (TPSA) is 142 Å². The van der Waals surface area contributed by atoms with Crippen molar-refractivity contribution in [1.29, 1.82) is 0 Å². The van der Waals surface area contributed by atoms with E-state index in [4.69, 9.17) is 5.73 Å². The first-order valence-electron chi connectivity index (χ1n) is 10.6. The fourth-order valence-corrected chi connectivity index (χ4v) is 2.84. The van der Waals surface area contributed by atoms with Crippen LogP contribution >= 0.6 is 0 Å². The van der Waals surface area contributed by atoms with Gasteiger partial charge in [0.15, 0.2) is 0 Å². The number of nitrogens with two attached hydrogens (primary N) is 1. The van der Waals surface area contributed by atoms with Gasteiger partial charge in [0.1, 0.15) is 18.1 Å². The average molecular weight is 434 g/mol. The highest BCUT2D eigenvalue weighted by atomic mass is 16.2. The zero-order valence-electron chi connectivity index (χ0n) is 18.7. The smallest absolute Gasteiger partial charge is 0.243 e. The molecule has 0 aliphatic rings. The van der Waals surface area contributed by atoms with E-state index in [1.165, 1.54) is 6.92 Å². The minimum atomic E-state index is -0.937. The first-order chi connectivity index (χ1) is 14.6. The molecular formula is C22H35N5O4. The van der Waals surface area contributed by atoms with Crippen molar-refractivity contribution >= 4 is 23.6 Å². The summed E-state index contributed by atoms with van der Waals surface area (Å²) in [6.45, 7) is 7.89. The monoisotopic (exact) mass is 433 g/mol. The second-order valence-electron chi connectivity index (χ2n) is 7.85. The Labute approximate surface area is 183 Å². The molecule has 2 unspecified atom stereocenters. The molecule has 0 saturated heterocycles. The Morgan fingerprint density at radius 3 is 2.13 bits per heavy atom. The fraction of sp³-hybridized carbons (Fsp3) is 0.545. The Morgan fingerprint density at radius 2 is 1.58 bits per heavy atom. The fourth-order valence-electron chi connectivity index (χ4n) is 2.84. The Hall–Kier alpha value is -2.94. The lowest BCUT2D eigenvalue weighted by molar-refractivity contribution is -0.133. The largest absolute Gasteiger partial charge is 0.368 e. The zero-order chi connectivity index (χ0) is 23.4. The highest BCUT2D eigenvalue weighted by molar-refractivity contribution is 5.94. The van der Waals surface area contributed by atoms with E-state index in [9.17, 15) is 19.2 Å². The number of carbonyl (C=O) groups excluding carboxylic acids is 4. The third kappa shape index (κ3) is 9.61. The number of amides is 4. The predicted octanol–water partition coefficient (Wildman–Crippen LogP) is -0.156. The van der Waals surface area contributed by atoms with Gasteiger partial charge in [-0.1, -0.05) is 51.1 Å². The number of benzene rings is 1. The Morgan fingerprint density at radius 1 is 0.935 bits per heavy atom. The van der Waals surface area contributed by atoms with Crippen LogP contribution in [0.2, 0.25) is 0 Å². The zero-order valence-corrected chi connectivity index (χ0v) is 18.7. The molecule has 0 aromatic heterocycles. The summed E-state index contributed by atoms with van der Waals surface area (Å²) < 4.78 is 0. The van der Waals surface area contributed by atoms with Crippen LogP contribution in [0.25, 0.3) is 0 Å². The van der Waals surface area contributed by atoms with Gasteiger partial charge in [0, 0.05) is 6.42 Å². The minimum absolute atomic E-state index is 0.106. The van der Waals surface area contributed by atoms with Crippen LogP contribution in [-0.4, -0.2) is 54.8 Å². The number of hydrogen-bond acceptors (Lipinski definition) is 5. The molecule has 9 heteroatoms. The molecule has 6 N–H and O–H groups in total. The molecule has 0 heterocycles. The van der Waals surface area contributed by atoms with Crippen molar-refractivity contribution in [1.82, 2.24) is 21.3 Å². The van der Waals surface area contributed by atoms with E-state index in [0.29, 0.717) is 6.54 Å². The van der Waals surface area contributed by atoms with Crippen LogP contribution in [0.4, 0.5) is 0 Å². The molecule has 1 rings (SSSR count). The van der Waals surface area contributed by atoms with E-state index < -0.39 is 35.8 Å². The van der Waals surface area contributed by atoms with Gasteiger partial charge in [-0.25, -0.2) is 0 Å². The van der Waals surface area contributed by atoms with Gasteiger partial charge in [0.2, 0.25) is 23.6 Å². The average Bonchev–Trinajstić information content (AvgIpc) is 2.72. The van der Waals surface area contributed by atoms with E-state index in [1.54, 1.807) is 0 Å². The maximum absolute atomic E-state index is 13.0. The Kier molecular flexibility index (Phi) is 11.3. The van der Waals surface area contributed by atoms with Crippen molar-refractivity contribution in [2.45, 2.75) is 58.7 Å². The molecule has 31 heavy (non-hydrogen) atoms. The number of hydrogen-bond donors (Lipinski definition) is 5. The van der Waals surface area contributed by atoms with Crippen molar-refractivity contribution in [3.05, 3.63) is 35.9 Å². The van der Waals surface area contributed by atoms with Crippen LogP contribution in [0.1, 0.15) is 39.7 Å². The molecule has 0 aliphatic heterocycles. The van der Waals surface area contributed by atoms with E-state index >= 15 is 0 Å². The molecule has 0 aliphatic carbocycles. The number of rotatable bonds is 13. The van der Waals surface area contributed by atoms with Gasteiger partial charge in [-0.15, -0.1) is 0 Å². The van der Waals surface area contributed by atoms with E-state index in [0.717, 1.165) is 12.0 Å². The van der Waals surface area contributed by atoms with Crippen LogP contribution in [-0.2, 0) is 25.6 Å². The molecule has 0 radical (unpaired) electrons. The molecule has 1 aromatic carbocycles. The molecule has 0 bridgehead atoms. The summed E-state index contributed by atoms with van der Waals surface area (Å²) in [6, 6.07) is 6.56. The normalized spacial score (nSPS) is 13.7. The Balaban J connectivity index is 2.92. The van der Waals surface area contributed by atoms with Gasteiger partial charge in [-0.3, -0.25) is 19.2 Å². The summed E-state index contributed by atoms with van der Waals surface area (Å²) in [6.07, 6.45) is 1.11. The molecule has 0 saturated carbocycles. The van der Waals surface area contributed by atoms with Crippen LogP contribution in [0.5, 0.6) is 0 Å². The standard InChI is InChI=1S/C22H35N5O4/c1-5-11-24-13-18(28)27-19(14(2)3)22(31)26-17(12-16-9-7-6-8-10-16)21(30)25-15(4)20(23)29/h6-10,14-15,17,19,24H,5,11-13H2,1-4H3,(H2,23,29)(H,25,30)(H,26,31)(H,27,28)/t15-,17?,19?/m1/s1. The second kappa shape index (κ2) is 13.4. The SMILES string of the molecule is CCCNCC(=O)NC(C(=O)NC(Cc1ccccc1)C(=O)N[C@H](C)C(N)=O)C(C)C. The first-order valence-corrected chi connectivity index (χ1v) is 10.6. The van der Waals surface area contributed by atoms with Crippen molar-refractivity contribution in [3.63, 3.8) is 0 Å². The summed E-state index contributed by atoms with van der Waals surface area (Å²) in [5, 5.41) is 11.0. The highest BCUT2D eigenvalue weighted by Crippen LogP contribution is 2.07. The summed E-state index contributed by atoms with van der Waals surface area (Å²) >= 11 is 0. The van der Waals surface area contributed by atoms with Gasteiger partial charge in [0.25, 0.3) is 0 Å². The second-order valence-corrected chi connectivity index (χ2v) is 7.85. The maximum Gasteiger partial charge on any atom is 0.243 e. The molecule has 0 spiro atoms.